The number of hydrogen-bond acceptors (Lipinski definition) is 4. The summed E-state index contributed by atoms with van der Waals surface area (Å²) < 4.78 is 2.96. The molecule has 140 valence electrons. The molecular formula is C20H21BrN4OS. The third-order valence-electron chi connectivity index (χ3n) is 4.55. The number of carbonyl (C=O) groups is 1. The van der Waals surface area contributed by atoms with Crippen LogP contribution in [0.15, 0.2) is 46.0 Å². The summed E-state index contributed by atoms with van der Waals surface area (Å²) in [6.45, 7) is 6.07. The van der Waals surface area contributed by atoms with Gasteiger partial charge in [0.25, 0.3) is 0 Å². The maximum atomic E-state index is 12.4. The standard InChI is InChI=1S/C20H21BrN4OS/c1-12-7-5-6-8-15(12)19-23-24-20(25(19)4)27-11-18(26)22-17-10-9-16(21)13(2)14(17)3/h5-10H,11H2,1-4H3,(H,22,26). The highest BCUT2D eigenvalue weighted by Crippen LogP contribution is 2.27. The van der Waals surface area contributed by atoms with Gasteiger partial charge in [0, 0.05) is 22.8 Å². The van der Waals surface area contributed by atoms with Crippen molar-refractivity contribution in [2.75, 3.05) is 11.1 Å². The lowest BCUT2D eigenvalue weighted by Crippen LogP contribution is -2.15. The van der Waals surface area contributed by atoms with Crippen molar-refractivity contribution in [1.82, 2.24) is 14.8 Å². The van der Waals surface area contributed by atoms with E-state index in [-0.39, 0.29) is 11.7 Å². The quantitative estimate of drug-likeness (QED) is 0.568. The first-order valence-electron chi connectivity index (χ1n) is 8.52. The van der Waals surface area contributed by atoms with E-state index in [1.54, 1.807) is 0 Å². The summed E-state index contributed by atoms with van der Waals surface area (Å²) in [6, 6.07) is 11.9. The number of aryl methyl sites for hydroxylation is 1. The number of hydrogen-bond donors (Lipinski definition) is 1. The summed E-state index contributed by atoms with van der Waals surface area (Å²) in [6.07, 6.45) is 0. The number of carbonyl (C=O) groups excluding carboxylic acids is 1. The minimum Gasteiger partial charge on any atom is -0.325 e. The Bertz CT molecular complexity index is 1000. The summed E-state index contributed by atoms with van der Waals surface area (Å²) in [7, 11) is 1.92. The molecule has 0 saturated heterocycles. The topological polar surface area (TPSA) is 59.8 Å². The van der Waals surface area contributed by atoms with Gasteiger partial charge in [0.2, 0.25) is 5.91 Å². The van der Waals surface area contributed by atoms with Gasteiger partial charge in [0.15, 0.2) is 11.0 Å². The molecule has 2 aromatic carbocycles. The second-order valence-electron chi connectivity index (χ2n) is 6.36. The predicted molar refractivity (Wildman–Crippen MR) is 114 cm³/mol. The van der Waals surface area contributed by atoms with Crippen LogP contribution in [0.25, 0.3) is 11.4 Å². The maximum Gasteiger partial charge on any atom is 0.234 e. The number of rotatable bonds is 5. The Morgan fingerprint density at radius 1 is 1.11 bits per heavy atom. The van der Waals surface area contributed by atoms with Crippen molar-refractivity contribution in [3.63, 3.8) is 0 Å². The number of halogens is 1. The lowest BCUT2D eigenvalue weighted by Gasteiger charge is -2.11. The SMILES string of the molecule is Cc1ccccc1-c1nnc(SCC(=O)Nc2ccc(Br)c(C)c2C)n1C. The molecule has 0 saturated carbocycles. The van der Waals surface area contributed by atoms with Crippen LogP contribution in [0.4, 0.5) is 5.69 Å². The third kappa shape index (κ3) is 4.25. The van der Waals surface area contributed by atoms with Crippen molar-refractivity contribution in [3.05, 3.63) is 57.6 Å². The van der Waals surface area contributed by atoms with Gasteiger partial charge in [-0.2, -0.15) is 0 Å². The molecule has 3 rings (SSSR count). The number of nitrogens with one attached hydrogen (secondary N) is 1. The summed E-state index contributed by atoms with van der Waals surface area (Å²) in [5, 5.41) is 12.2. The van der Waals surface area contributed by atoms with Crippen molar-refractivity contribution in [1.29, 1.82) is 0 Å². The molecule has 1 amide bonds. The number of thioether (sulfide) groups is 1. The van der Waals surface area contributed by atoms with Crippen LogP contribution in [-0.2, 0) is 11.8 Å². The largest absolute Gasteiger partial charge is 0.325 e. The second kappa shape index (κ2) is 8.27. The van der Waals surface area contributed by atoms with Gasteiger partial charge in [-0.1, -0.05) is 52.0 Å². The van der Waals surface area contributed by atoms with Crippen LogP contribution in [0.5, 0.6) is 0 Å². The predicted octanol–water partition coefficient (Wildman–Crippen LogP) is 4.90. The molecule has 1 heterocycles. The summed E-state index contributed by atoms with van der Waals surface area (Å²) in [5.41, 5.74) is 5.20. The fraction of sp³-hybridized carbons (Fsp3) is 0.250. The molecule has 0 unspecified atom stereocenters. The molecule has 0 bridgehead atoms. The van der Waals surface area contributed by atoms with Gasteiger partial charge >= 0.3 is 0 Å². The molecule has 0 fully saturated rings. The van der Waals surface area contributed by atoms with Gasteiger partial charge in [-0.15, -0.1) is 10.2 Å². The van der Waals surface area contributed by atoms with Crippen LogP contribution in [0, 0.1) is 20.8 Å². The van der Waals surface area contributed by atoms with Crippen molar-refractivity contribution in [2.45, 2.75) is 25.9 Å². The van der Waals surface area contributed by atoms with Crippen molar-refractivity contribution >= 4 is 39.3 Å². The van der Waals surface area contributed by atoms with Gasteiger partial charge in [-0.25, -0.2) is 0 Å². The number of benzene rings is 2. The van der Waals surface area contributed by atoms with Crippen LogP contribution in [-0.4, -0.2) is 26.4 Å². The Balaban J connectivity index is 1.68. The molecule has 0 aliphatic heterocycles. The molecule has 0 atom stereocenters. The number of aromatic nitrogens is 3. The van der Waals surface area contributed by atoms with Gasteiger partial charge < -0.3 is 9.88 Å². The fourth-order valence-corrected chi connectivity index (χ4v) is 3.88. The van der Waals surface area contributed by atoms with E-state index >= 15 is 0 Å². The average Bonchev–Trinajstić information content (AvgIpc) is 3.01. The molecule has 5 nitrogen and oxygen atoms in total. The first kappa shape index (κ1) is 19.6. The molecule has 0 spiro atoms. The van der Waals surface area contributed by atoms with E-state index in [9.17, 15) is 4.79 Å². The number of amides is 1. The lowest BCUT2D eigenvalue weighted by atomic mass is 10.1. The summed E-state index contributed by atoms with van der Waals surface area (Å²) in [4.78, 5) is 12.4. The third-order valence-corrected chi connectivity index (χ3v) is 6.43. The first-order valence-corrected chi connectivity index (χ1v) is 10.3. The Labute approximate surface area is 171 Å². The Kier molecular flexibility index (Phi) is 6.01. The minimum absolute atomic E-state index is 0.0646. The average molecular weight is 445 g/mol. The van der Waals surface area contributed by atoms with Crippen molar-refractivity contribution in [2.24, 2.45) is 7.05 Å². The molecule has 1 N–H and O–H groups in total. The van der Waals surface area contributed by atoms with Crippen molar-refractivity contribution in [3.8, 4) is 11.4 Å². The van der Waals surface area contributed by atoms with E-state index in [2.05, 4.69) is 31.4 Å². The van der Waals surface area contributed by atoms with E-state index in [4.69, 9.17) is 0 Å². The summed E-state index contributed by atoms with van der Waals surface area (Å²) in [5.74, 6) is 1.01. The molecule has 0 aliphatic rings. The van der Waals surface area contributed by atoms with Crippen LogP contribution in [0.2, 0.25) is 0 Å². The number of nitrogens with zero attached hydrogens (tertiary/aromatic N) is 3. The van der Waals surface area contributed by atoms with Gasteiger partial charge in [0.1, 0.15) is 0 Å². The Hall–Kier alpha value is -2.12. The molecule has 0 radical (unpaired) electrons. The fourth-order valence-electron chi connectivity index (χ4n) is 2.74. The highest BCUT2D eigenvalue weighted by Gasteiger charge is 2.15. The van der Waals surface area contributed by atoms with E-state index in [1.165, 1.54) is 11.8 Å². The molecule has 0 aliphatic carbocycles. The molecule has 27 heavy (non-hydrogen) atoms. The summed E-state index contributed by atoms with van der Waals surface area (Å²) >= 11 is 4.88. The van der Waals surface area contributed by atoms with Crippen molar-refractivity contribution < 1.29 is 4.79 Å². The molecular weight excluding hydrogens is 424 g/mol. The van der Waals surface area contributed by atoms with E-state index in [0.29, 0.717) is 5.16 Å². The number of anilines is 1. The van der Waals surface area contributed by atoms with Gasteiger partial charge in [-0.3, -0.25) is 4.79 Å². The van der Waals surface area contributed by atoms with Gasteiger partial charge in [0.05, 0.1) is 5.75 Å². The van der Waals surface area contributed by atoms with Crippen LogP contribution in [0.1, 0.15) is 16.7 Å². The monoisotopic (exact) mass is 444 g/mol. The Morgan fingerprint density at radius 2 is 1.85 bits per heavy atom. The minimum atomic E-state index is -0.0646. The molecule has 1 aromatic heterocycles. The normalized spacial score (nSPS) is 10.9. The van der Waals surface area contributed by atoms with E-state index < -0.39 is 0 Å². The first-order chi connectivity index (χ1) is 12.9. The molecule has 3 aromatic rings. The van der Waals surface area contributed by atoms with Gasteiger partial charge in [-0.05, 0) is 49.6 Å². The molecule has 7 heteroatoms. The van der Waals surface area contributed by atoms with E-state index in [0.717, 1.165) is 38.2 Å². The van der Waals surface area contributed by atoms with Crippen LogP contribution >= 0.6 is 27.7 Å². The smallest absolute Gasteiger partial charge is 0.234 e. The highest BCUT2D eigenvalue weighted by molar-refractivity contribution is 9.10. The Morgan fingerprint density at radius 3 is 2.59 bits per heavy atom. The second-order valence-corrected chi connectivity index (χ2v) is 8.16. The van der Waals surface area contributed by atoms with E-state index in [1.807, 2.05) is 68.8 Å². The maximum absolute atomic E-state index is 12.4. The zero-order valence-corrected chi connectivity index (χ0v) is 18.1. The highest BCUT2D eigenvalue weighted by atomic mass is 79.9. The van der Waals surface area contributed by atoms with Crippen LogP contribution in [0.3, 0.4) is 0 Å². The zero-order valence-electron chi connectivity index (χ0n) is 15.7. The van der Waals surface area contributed by atoms with Crippen LogP contribution < -0.4 is 5.32 Å². The lowest BCUT2D eigenvalue weighted by molar-refractivity contribution is -0.113. The zero-order chi connectivity index (χ0) is 19.6.